The van der Waals surface area contributed by atoms with Gasteiger partial charge in [0.15, 0.2) is 5.60 Å². The predicted octanol–water partition coefficient (Wildman–Crippen LogP) is 6.15. The number of pyridine rings is 1. The van der Waals surface area contributed by atoms with Crippen molar-refractivity contribution in [3.05, 3.63) is 77.0 Å². The number of aromatic nitrogens is 1. The number of rotatable bonds is 5. The summed E-state index contributed by atoms with van der Waals surface area (Å²) < 4.78 is 80.2. The monoisotopic (exact) mass is 504 g/mol. The second-order valence-electron chi connectivity index (χ2n) is 7.86. The average molecular weight is 504 g/mol. The molecule has 0 spiro atoms. The Morgan fingerprint density at radius 1 is 1.11 bits per heavy atom. The van der Waals surface area contributed by atoms with E-state index in [9.17, 15) is 26.7 Å². The summed E-state index contributed by atoms with van der Waals surface area (Å²) in [6.45, 7) is 1.41. The van der Waals surface area contributed by atoms with Crippen LogP contribution in [0.25, 0.3) is 0 Å². The lowest BCUT2D eigenvalue weighted by Crippen LogP contribution is -2.52. The molecule has 0 bridgehead atoms. The first-order valence-corrected chi connectivity index (χ1v) is 10.5. The van der Waals surface area contributed by atoms with Crippen LogP contribution in [-0.2, 0) is 10.3 Å². The summed E-state index contributed by atoms with van der Waals surface area (Å²) in [5.74, 6) is -2.42. The van der Waals surface area contributed by atoms with Crippen LogP contribution in [-0.4, -0.2) is 23.8 Å². The lowest BCUT2D eigenvalue weighted by atomic mass is 9.85. The standard InChI is InChI=1S/C24H17F5N4O3/c1-13-2-5-19(33-22(34)32-18-6-3-14(12-30)10-17(18)26)21(31-13)36-20-7-4-15(25)11-16(20)23(8-9-35-23)24(27,28)29/h2-7,10-11H,8-9H2,1H3,(H2,32,33,34). The van der Waals surface area contributed by atoms with Crippen LogP contribution >= 0.6 is 0 Å². The number of nitrogens with zero attached hydrogens (tertiary/aromatic N) is 2. The molecule has 3 aromatic rings. The van der Waals surface area contributed by atoms with Crippen molar-refractivity contribution in [2.24, 2.45) is 0 Å². The molecular weight excluding hydrogens is 487 g/mol. The average Bonchev–Trinajstić information content (AvgIpc) is 2.77. The Kier molecular flexibility index (Phi) is 6.51. The number of hydrogen-bond donors (Lipinski definition) is 2. The van der Waals surface area contributed by atoms with Gasteiger partial charge in [-0.3, -0.25) is 0 Å². The summed E-state index contributed by atoms with van der Waals surface area (Å²) in [5, 5.41) is 13.5. The number of carbonyl (C=O) groups excluding carboxylic acids is 1. The minimum Gasteiger partial charge on any atom is -0.437 e. The maximum atomic E-state index is 14.1. The molecule has 2 aromatic carbocycles. The molecule has 1 atom stereocenters. The lowest BCUT2D eigenvalue weighted by Gasteiger charge is -2.43. The summed E-state index contributed by atoms with van der Waals surface area (Å²) in [7, 11) is 0. The molecule has 0 radical (unpaired) electrons. The summed E-state index contributed by atoms with van der Waals surface area (Å²) in [4.78, 5) is 16.6. The van der Waals surface area contributed by atoms with E-state index in [1.54, 1.807) is 13.0 Å². The van der Waals surface area contributed by atoms with E-state index in [4.69, 9.17) is 14.7 Å². The molecule has 1 saturated heterocycles. The molecule has 0 aliphatic carbocycles. The highest BCUT2D eigenvalue weighted by Crippen LogP contribution is 2.53. The minimum atomic E-state index is -4.84. The third-order valence-corrected chi connectivity index (χ3v) is 5.44. The van der Waals surface area contributed by atoms with Gasteiger partial charge in [-0.25, -0.2) is 18.6 Å². The fourth-order valence-corrected chi connectivity index (χ4v) is 3.57. The van der Waals surface area contributed by atoms with E-state index in [0.717, 1.165) is 18.2 Å². The quantitative estimate of drug-likeness (QED) is 0.406. The first-order chi connectivity index (χ1) is 17.0. The van der Waals surface area contributed by atoms with Crippen molar-refractivity contribution in [3.63, 3.8) is 0 Å². The van der Waals surface area contributed by atoms with Crippen LogP contribution in [0.2, 0.25) is 0 Å². The van der Waals surface area contributed by atoms with E-state index in [1.165, 1.54) is 24.3 Å². The Balaban J connectivity index is 1.63. The highest BCUT2D eigenvalue weighted by Gasteiger charge is 2.62. The van der Waals surface area contributed by atoms with Gasteiger partial charge in [0, 0.05) is 17.7 Å². The van der Waals surface area contributed by atoms with E-state index >= 15 is 0 Å². The Hall–Kier alpha value is -4.24. The molecule has 1 aromatic heterocycles. The highest BCUT2D eigenvalue weighted by atomic mass is 19.4. The van der Waals surface area contributed by atoms with Crippen molar-refractivity contribution in [3.8, 4) is 17.7 Å². The van der Waals surface area contributed by atoms with Crippen LogP contribution in [0.4, 0.5) is 38.1 Å². The van der Waals surface area contributed by atoms with E-state index < -0.39 is 41.4 Å². The number of anilines is 2. The lowest BCUT2D eigenvalue weighted by molar-refractivity contribution is -0.333. The molecule has 1 unspecified atom stereocenters. The Morgan fingerprint density at radius 2 is 1.81 bits per heavy atom. The fourth-order valence-electron chi connectivity index (χ4n) is 3.57. The van der Waals surface area contributed by atoms with Gasteiger partial charge >= 0.3 is 12.2 Å². The van der Waals surface area contributed by atoms with Crippen molar-refractivity contribution in [2.45, 2.75) is 25.1 Å². The normalized spacial score (nSPS) is 17.0. The molecule has 2 heterocycles. The van der Waals surface area contributed by atoms with Crippen LogP contribution in [0.15, 0.2) is 48.5 Å². The maximum absolute atomic E-state index is 14.1. The molecule has 0 saturated carbocycles. The van der Waals surface area contributed by atoms with Crippen molar-refractivity contribution in [2.75, 3.05) is 17.2 Å². The summed E-state index contributed by atoms with van der Waals surface area (Å²) in [6.07, 6.45) is -5.27. The zero-order chi connectivity index (χ0) is 26.1. The molecule has 36 heavy (non-hydrogen) atoms. The topological polar surface area (TPSA) is 96.3 Å². The van der Waals surface area contributed by atoms with E-state index in [-0.39, 0.29) is 35.2 Å². The largest absolute Gasteiger partial charge is 0.437 e. The zero-order valence-electron chi connectivity index (χ0n) is 18.5. The maximum Gasteiger partial charge on any atom is 0.421 e. The van der Waals surface area contributed by atoms with Gasteiger partial charge in [0.05, 0.1) is 23.9 Å². The van der Waals surface area contributed by atoms with Gasteiger partial charge < -0.3 is 20.1 Å². The molecule has 1 aliphatic heterocycles. The van der Waals surface area contributed by atoms with Crippen LogP contribution in [0, 0.1) is 29.9 Å². The zero-order valence-corrected chi connectivity index (χ0v) is 18.5. The van der Waals surface area contributed by atoms with Gasteiger partial charge in [0.1, 0.15) is 23.1 Å². The van der Waals surface area contributed by atoms with Crippen LogP contribution in [0.1, 0.15) is 23.2 Å². The molecule has 12 heteroatoms. The van der Waals surface area contributed by atoms with Crippen LogP contribution in [0.3, 0.4) is 0 Å². The highest BCUT2D eigenvalue weighted by molar-refractivity contribution is 6.00. The van der Waals surface area contributed by atoms with Crippen molar-refractivity contribution in [1.29, 1.82) is 5.26 Å². The Morgan fingerprint density at radius 3 is 2.42 bits per heavy atom. The minimum absolute atomic E-state index is 0.0547. The fraction of sp³-hybridized carbons (Fsp3) is 0.208. The third-order valence-electron chi connectivity index (χ3n) is 5.44. The van der Waals surface area contributed by atoms with Crippen LogP contribution < -0.4 is 15.4 Å². The number of nitriles is 1. The van der Waals surface area contributed by atoms with E-state index in [0.29, 0.717) is 11.8 Å². The predicted molar refractivity (Wildman–Crippen MR) is 118 cm³/mol. The number of urea groups is 1. The first-order valence-electron chi connectivity index (χ1n) is 10.5. The number of carbonyl (C=O) groups is 1. The summed E-state index contributed by atoms with van der Waals surface area (Å²) in [5.41, 5.74) is -3.13. The van der Waals surface area contributed by atoms with Gasteiger partial charge in [-0.05, 0) is 55.5 Å². The second kappa shape index (κ2) is 9.43. The molecule has 1 fully saturated rings. The van der Waals surface area contributed by atoms with Gasteiger partial charge in [-0.15, -0.1) is 0 Å². The number of amides is 2. The molecule has 2 N–H and O–H groups in total. The van der Waals surface area contributed by atoms with E-state index in [2.05, 4.69) is 15.6 Å². The van der Waals surface area contributed by atoms with Crippen molar-refractivity contribution < 1.29 is 36.2 Å². The van der Waals surface area contributed by atoms with Gasteiger partial charge in [0.25, 0.3) is 0 Å². The SMILES string of the molecule is Cc1ccc(NC(=O)Nc2ccc(C#N)cc2F)c(Oc2ccc(F)cc2C2(C(F)(F)F)CCO2)n1. The summed E-state index contributed by atoms with van der Waals surface area (Å²) >= 11 is 0. The first kappa shape index (κ1) is 24.9. The number of nitrogens with one attached hydrogen (secondary N) is 2. The molecule has 7 nitrogen and oxygen atoms in total. The van der Waals surface area contributed by atoms with E-state index in [1.807, 2.05) is 0 Å². The summed E-state index contributed by atoms with van der Waals surface area (Å²) in [6, 6.07) is 9.79. The second-order valence-corrected chi connectivity index (χ2v) is 7.86. The number of alkyl halides is 3. The molecule has 2 amide bonds. The number of hydrogen-bond acceptors (Lipinski definition) is 5. The molecular formula is C24H17F5N4O3. The number of ether oxygens (including phenoxy) is 2. The number of halogens is 5. The van der Waals surface area contributed by atoms with Gasteiger partial charge in [-0.2, -0.15) is 18.4 Å². The van der Waals surface area contributed by atoms with Crippen molar-refractivity contribution >= 4 is 17.4 Å². The van der Waals surface area contributed by atoms with Gasteiger partial charge in [-0.1, -0.05) is 0 Å². The Bertz CT molecular complexity index is 1370. The third kappa shape index (κ3) is 4.78. The molecule has 4 rings (SSSR count). The number of benzene rings is 2. The van der Waals surface area contributed by atoms with Crippen molar-refractivity contribution in [1.82, 2.24) is 4.98 Å². The smallest absolute Gasteiger partial charge is 0.421 e. The van der Waals surface area contributed by atoms with Gasteiger partial charge in [0.2, 0.25) is 5.88 Å². The molecule has 186 valence electrons. The Labute approximate surface area is 201 Å². The van der Waals surface area contributed by atoms with Crippen LogP contribution in [0.5, 0.6) is 11.6 Å². The number of aryl methyl sites for hydroxylation is 1. The molecule has 1 aliphatic rings.